The molecule has 1 unspecified atom stereocenters. The SMILES string of the molecule is COCC(COC)(COCOCC(C)N)CO[N+](=O)[O-]. The van der Waals surface area contributed by atoms with Crippen LogP contribution < -0.4 is 5.73 Å². The van der Waals surface area contributed by atoms with Crippen molar-refractivity contribution in [2.45, 2.75) is 13.0 Å². The van der Waals surface area contributed by atoms with Crippen molar-refractivity contribution < 1.29 is 28.9 Å². The standard InChI is InChI=1S/C11H24N2O7/c1-10(12)4-18-9-19-7-11(5-16-2,6-17-3)8-20-13(14)15/h10H,4-9,12H2,1-3H3. The number of rotatable bonds is 13. The third-order valence-corrected chi connectivity index (χ3v) is 2.33. The zero-order chi connectivity index (χ0) is 15.4. The second-order valence-electron chi connectivity index (χ2n) is 4.68. The van der Waals surface area contributed by atoms with Gasteiger partial charge in [-0.25, -0.2) is 0 Å². The Balaban J connectivity index is 4.29. The van der Waals surface area contributed by atoms with Crippen molar-refractivity contribution in [2.75, 3.05) is 54.0 Å². The molecular formula is C11H24N2O7. The first-order chi connectivity index (χ1) is 9.45. The Bertz CT molecular complexity index is 257. The number of nitrogens with two attached hydrogens (primary N) is 1. The molecular weight excluding hydrogens is 272 g/mol. The minimum absolute atomic E-state index is 0.0369. The van der Waals surface area contributed by atoms with E-state index in [0.29, 0.717) is 6.61 Å². The second kappa shape index (κ2) is 10.7. The number of hydrogen-bond donors (Lipinski definition) is 1. The lowest BCUT2D eigenvalue weighted by atomic mass is 9.92. The van der Waals surface area contributed by atoms with Gasteiger partial charge in [0.1, 0.15) is 13.4 Å². The molecule has 0 amide bonds. The van der Waals surface area contributed by atoms with Crippen LogP contribution in [0.15, 0.2) is 0 Å². The van der Waals surface area contributed by atoms with Gasteiger partial charge >= 0.3 is 0 Å². The van der Waals surface area contributed by atoms with Crippen LogP contribution in [0, 0.1) is 15.5 Å². The molecule has 0 radical (unpaired) electrons. The monoisotopic (exact) mass is 296 g/mol. The van der Waals surface area contributed by atoms with Crippen LogP contribution in [0.4, 0.5) is 0 Å². The van der Waals surface area contributed by atoms with E-state index in [4.69, 9.17) is 24.7 Å². The smallest absolute Gasteiger partial charge is 0.294 e. The van der Waals surface area contributed by atoms with Gasteiger partial charge in [0.05, 0.1) is 31.8 Å². The summed E-state index contributed by atoms with van der Waals surface area (Å²) >= 11 is 0. The van der Waals surface area contributed by atoms with Crippen LogP contribution >= 0.6 is 0 Å². The van der Waals surface area contributed by atoms with Gasteiger partial charge in [0.15, 0.2) is 0 Å². The molecule has 0 aliphatic rings. The molecule has 9 nitrogen and oxygen atoms in total. The average molecular weight is 296 g/mol. The van der Waals surface area contributed by atoms with Crippen LogP contribution in [0.1, 0.15) is 6.92 Å². The Labute approximate surface area is 118 Å². The van der Waals surface area contributed by atoms with Gasteiger partial charge in [-0.2, -0.15) is 0 Å². The van der Waals surface area contributed by atoms with E-state index in [1.165, 1.54) is 14.2 Å². The van der Waals surface area contributed by atoms with Gasteiger partial charge in [-0.05, 0) is 6.92 Å². The Morgan fingerprint density at radius 3 is 2.20 bits per heavy atom. The van der Waals surface area contributed by atoms with E-state index in [1.54, 1.807) is 0 Å². The summed E-state index contributed by atoms with van der Waals surface area (Å²) in [6.45, 7) is 2.56. The molecule has 0 aliphatic heterocycles. The molecule has 0 fully saturated rings. The van der Waals surface area contributed by atoms with Crippen LogP contribution in [-0.2, 0) is 23.8 Å². The molecule has 0 rings (SSSR count). The van der Waals surface area contributed by atoms with E-state index < -0.39 is 10.5 Å². The summed E-state index contributed by atoms with van der Waals surface area (Å²) in [6.07, 6.45) is 0. The molecule has 0 saturated heterocycles. The minimum atomic E-state index is -0.854. The maximum Gasteiger partial charge on any atom is 0.294 e. The number of hydrogen-bond acceptors (Lipinski definition) is 8. The van der Waals surface area contributed by atoms with Crippen molar-refractivity contribution in [1.82, 2.24) is 0 Å². The van der Waals surface area contributed by atoms with E-state index in [9.17, 15) is 10.1 Å². The quantitative estimate of drug-likeness (QED) is 0.215. The van der Waals surface area contributed by atoms with Gasteiger partial charge < -0.3 is 29.5 Å². The normalized spacial score (nSPS) is 13.2. The van der Waals surface area contributed by atoms with Crippen LogP contribution in [0.5, 0.6) is 0 Å². The summed E-state index contributed by atoms with van der Waals surface area (Å²) in [5.74, 6) is 0. The van der Waals surface area contributed by atoms with Crippen LogP contribution in [-0.4, -0.2) is 65.2 Å². The molecule has 0 aromatic rings. The molecule has 20 heavy (non-hydrogen) atoms. The van der Waals surface area contributed by atoms with Gasteiger partial charge in [-0.3, -0.25) is 0 Å². The van der Waals surface area contributed by atoms with Gasteiger partial charge in [-0.15, -0.1) is 10.1 Å². The minimum Gasteiger partial charge on any atom is -0.384 e. The van der Waals surface area contributed by atoms with Crippen molar-refractivity contribution in [2.24, 2.45) is 11.1 Å². The first-order valence-corrected chi connectivity index (χ1v) is 6.12. The summed E-state index contributed by atoms with van der Waals surface area (Å²) in [7, 11) is 2.98. The van der Waals surface area contributed by atoms with Gasteiger partial charge in [-0.1, -0.05) is 0 Å². The summed E-state index contributed by atoms with van der Waals surface area (Å²) in [5, 5.41) is 9.47. The maximum atomic E-state index is 10.3. The summed E-state index contributed by atoms with van der Waals surface area (Å²) < 4.78 is 20.6. The lowest BCUT2D eigenvalue weighted by Gasteiger charge is -2.30. The molecule has 0 aliphatic carbocycles. The highest BCUT2D eigenvalue weighted by molar-refractivity contribution is 4.78. The van der Waals surface area contributed by atoms with E-state index in [2.05, 4.69) is 4.84 Å². The maximum absolute atomic E-state index is 10.3. The average Bonchev–Trinajstić information content (AvgIpc) is 2.36. The zero-order valence-corrected chi connectivity index (χ0v) is 12.2. The number of methoxy groups -OCH3 is 2. The fourth-order valence-corrected chi connectivity index (χ4v) is 1.60. The Morgan fingerprint density at radius 2 is 1.75 bits per heavy atom. The fourth-order valence-electron chi connectivity index (χ4n) is 1.60. The van der Waals surface area contributed by atoms with E-state index >= 15 is 0 Å². The fraction of sp³-hybridized carbons (Fsp3) is 1.00. The third-order valence-electron chi connectivity index (χ3n) is 2.33. The molecule has 0 aromatic carbocycles. The highest BCUT2D eigenvalue weighted by Crippen LogP contribution is 2.20. The largest absolute Gasteiger partial charge is 0.384 e. The molecule has 1 atom stereocenters. The van der Waals surface area contributed by atoms with Crippen LogP contribution in [0.25, 0.3) is 0 Å². The predicted octanol–water partition coefficient (Wildman–Crippen LogP) is -0.188. The first-order valence-electron chi connectivity index (χ1n) is 6.12. The molecule has 2 N–H and O–H groups in total. The van der Waals surface area contributed by atoms with Gasteiger partial charge in [0.25, 0.3) is 5.09 Å². The molecule has 0 heterocycles. The lowest BCUT2D eigenvalue weighted by Crippen LogP contribution is -2.42. The van der Waals surface area contributed by atoms with Crippen LogP contribution in [0.3, 0.4) is 0 Å². The molecule has 120 valence electrons. The topological polar surface area (TPSA) is 115 Å². The van der Waals surface area contributed by atoms with E-state index in [1.807, 2.05) is 6.92 Å². The summed E-state index contributed by atoms with van der Waals surface area (Å²) in [6, 6.07) is -0.0841. The predicted molar refractivity (Wildman–Crippen MR) is 69.6 cm³/mol. The molecule has 0 saturated carbocycles. The van der Waals surface area contributed by atoms with Crippen molar-refractivity contribution in [3.8, 4) is 0 Å². The van der Waals surface area contributed by atoms with Crippen molar-refractivity contribution in [1.29, 1.82) is 0 Å². The van der Waals surface area contributed by atoms with Crippen molar-refractivity contribution >= 4 is 0 Å². The summed E-state index contributed by atoms with van der Waals surface area (Å²) in [4.78, 5) is 14.8. The molecule has 0 aromatic heterocycles. The first kappa shape index (κ1) is 19.0. The van der Waals surface area contributed by atoms with E-state index in [-0.39, 0.29) is 39.3 Å². The Morgan fingerprint density at radius 1 is 1.15 bits per heavy atom. The van der Waals surface area contributed by atoms with E-state index in [0.717, 1.165) is 0 Å². The molecule has 9 heteroatoms. The molecule has 0 bridgehead atoms. The van der Waals surface area contributed by atoms with Gasteiger partial charge in [0.2, 0.25) is 0 Å². The number of nitrogens with zero attached hydrogens (tertiary/aromatic N) is 1. The summed E-state index contributed by atoms with van der Waals surface area (Å²) in [5.41, 5.74) is 4.75. The lowest BCUT2D eigenvalue weighted by molar-refractivity contribution is -0.761. The van der Waals surface area contributed by atoms with Crippen molar-refractivity contribution in [3.63, 3.8) is 0 Å². The second-order valence-corrected chi connectivity index (χ2v) is 4.68. The Hall–Kier alpha value is -1.00. The third kappa shape index (κ3) is 8.99. The number of ether oxygens (including phenoxy) is 4. The highest BCUT2D eigenvalue weighted by atomic mass is 17.0. The highest BCUT2D eigenvalue weighted by Gasteiger charge is 2.33. The Kier molecular flexibility index (Phi) is 10.2. The zero-order valence-electron chi connectivity index (χ0n) is 12.2. The van der Waals surface area contributed by atoms with Crippen LogP contribution in [0.2, 0.25) is 0 Å². The van der Waals surface area contributed by atoms with Crippen molar-refractivity contribution in [3.05, 3.63) is 10.1 Å². The molecule has 0 spiro atoms. The van der Waals surface area contributed by atoms with Gasteiger partial charge in [0, 0.05) is 20.3 Å².